The minimum absolute atomic E-state index is 0.141. The first-order valence-electron chi connectivity index (χ1n) is 5.92. The third-order valence-corrected chi connectivity index (χ3v) is 3.49. The Labute approximate surface area is 119 Å². The maximum absolute atomic E-state index is 11.9. The van der Waals surface area contributed by atoms with Crippen molar-refractivity contribution in [1.29, 1.82) is 0 Å². The van der Waals surface area contributed by atoms with Gasteiger partial charge in [-0.1, -0.05) is 41.7 Å². The zero-order valence-corrected chi connectivity index (χ0v) is 11.2. The Morgan fingerprint density at radius 3 is 2.50 bits per heavy atom. The molecule has 3 rings (SSSR count). The fraction of sp³-hybridized carbons (Fsp3) is 0. The average molecular weight is 282 g/mol. The van der Waals surface area contributed by atoms with Gasteiger partial charge in [-0.25, -0.2) is 15.0 Å². The molecule has 3 aromatic rings. The van der Waals surface area contributed by atoms with Crippen LogP contribution in [0, 0.1) is 0 Å². The number of nitrogens with zero attached hydrogens (tertiary/aromatic N) is 3. The molecule has 98 valence electrons. The smallest absolute Gasteiger partial charge is 0.294 e. The Morgan fingerprint density at radius 2 is 1.75 bits per heavy atom. The number of hydrogen-bond acceptors (Lipinski definition) is 5. The zero-order chi connectivity index (χ0) is 13.8. The highest BCUT2D eigenvalue weighted by molar-refractivity contribution is 7.19. The molecule has 1 aromatic carbocycles. The molecule has 1 N–H and O–H groups in total. The molecule has 0 saturated carbocycles. The van der Waals surface area contributed by atoms with Crippen LogP contribution in [-0.2, 0) is 0 Å². The fourth-order valence-corrected chi connectivity index (χ4v) is 2.45. The summed E-state index contributed by atoms with van der Waals surface area (Å²) in [5.41, 5.74) is 1.02. The van der Waals surface area contributed by atoms with Crippen LogP contribution in [0.4, 0.5) is 5.00 Å². The van der Waals surface area contributed by atoms with Crippen LogP contribution in [0.1, 0.15) is 10.6 Å². The minimum atomic E-state index is -0.339. The van der Waals surface area contributed by atoms with E-state index in [-0.39, 0.29) is 11.7 Å². The van der Waals surface area contributed by atoms with E-state index in [4.69, 9.17) is 0 Å². The van der Waals surface area contributed by atoms with Gasteiger partial charge in [0.2, 0.25) is 5.82 Å². The van der Waals surface area contributed by atoms with Crippen LogP contribution < -0.4 is 5.32 Å². The van der Waals surface area contributed by atoms with Gasteiger partial charge in [0.15, 0.2) is 0 Å². The van der Waals surface area contributed by atoms with Crippen molar-refractivity contribution in [1.82, 2.24) is 15.0 Å². The lowest BCUT2D eigenvalue weighted by Gasteiger charge is -1.99. The molecular weight excluding hydrogens is 272 g/mol. The highest BCUT2D eigenvalue weighted by atomic mass is 32.1. The maximum atomic E-state index is 11.9. The van der Waals surface area contributed by atoms with Crippen LogP contribution in [0.3, 0.4) is 0 Å². The third kappa shape index (κ3) is 2.70. The number of carbonyl (C=O) groups is 1. The minimum Gasteiger partial charge on any atom is -0.309 e. The summed E-state index contributed by atoms with van der Waals surface area (Å²) in [6.45, 7) is 0. The van der Waals surface area contributed by atoms with E-state index in [1.54, 1.807) is 12.3 Å². The number of amides is 1. The Hall–Kier alpha value is -2.60. The number of carbonyl (C=O) groups excluding carboxylic acids is 1. The topological polar surface area (TPSA) is 67.8 Å². The molecule has 2 aromatic heterocycles. The highest BCUT2D eigenvalue weighted by Crippen LogP contribution is 2.28. The summed E-state index contributed by atoms with van der Waals surface area (Å²) in [5.74, 6) is -0.198. The van der Waals surface area contributed by atoms with Crippen molar-refractivity contribution in [2.75, 3.05) is 5.32 Å². The number of nitrogens with one attached hydrogen (secondary N) is 1. The van der Waals surface area contributed by atoms with Crippen LogP contribution in [-0.4, -0.2) is 20.9 Å². The summed E-state index contributed by atoms with van der Waals surface area (Å²) < 4.78 is 0. The zero-order valence-electron chi connectivity index (χ0n) is 10.4. The number of hydrogen-bond donors (Lipinski definition) is 1. The van der Waals surface area contributed by atoms with E-state index in [1.165, 1.54) is 23.7 Å². The van der Waals surface area contributed by atoms with E-state index in [0.29, 0.717) is 5.00 Å². The number of benzene rings is 1. The molecule has 5 nitrogen and oxygen atoms in total. The van der Waals surface area contributed by atoms with Crippen molar-refractivity contribution >= 4 is 22.2 Å². The summed E-state index contributed by atoms with van der Waals surface area (Å²) in [6, 6.07) is 11.5. The monoisotopic (exact) mass is 282 g/mol. The largest absolute Gasteiger partial charge is 0.309 e. The summed E-state index contributed by atoms with van der Waals surface area (Å²) in [5, 5.41) is 4.26. The van der Waals surface area contributed by atoms with Crippen LogP contribution in [0.5, 0.6) is 0 Å². The number of thiazole rings is 1. The third-order valence-electron chi connectivity index (χ3n) is 2.53. The normalized spacial score (nSPS) is 10.2. The van der Waals surface area contributed by atoms with E-state index < -0.39 is 0 Å². The van der Waals surface area contributed by atoms with Crippen molar-refractivity contribution in [3.63, 3.8) is 0 Å². The van der Waals surface area contributed by atoms with Gasteiger partial charge in [-0.3, -0.25) is 4.79 Å². The van der Waals surface area contributed by atoms with Crippen LogP contribution in [0.2, 0.25) is 0 Å². The molecule has 0 atom stereocenters. The molecule has 0 spiro atoms. The standard InChI is InChI=1S/C14H10N4OS/c19-13(12-15-7-4-8-16-12)18-11-9-17-14(20-11)10-5-2-1-3-6-10/h1-9H,(H,18,19). The predicted molar refractivity (Wildman–Crippen MR) is 77.5 cm³/mol. The molecule has 0 aliphatic carbocycles. The summed E-state index contributed by atoms with van der Waals surface area (Å²) in [6.07, 6.45) is 4.70. The molecule has 0 aliphatic rings. The molecule has 0 saturated heterocycles. The molecule has 2 heterocycles. The highest BCUT2D eigenvalue weighted by Gasteiger charge is 2.11. The van der Waals surface area contributed by atoms with Gasteiger partial charge in [-0.2, -0.15) is 0 Å². The Balaban J connectivity index is 1.77. The second-order valence-corrected chi connectivity index (χ2v) is 4.95. The first kappa shape index (κ1) is 12.4. The lowest BCUT2D eigenvalue weighted by atomic mass is 10.2. The van der Waals surface area contributed by atoms with Gasteiger partial charge in [0.05, 0.1) is 6.20 Å². The van der Waals surface area contributed by atoms with Crippen molar-refractivity contribution in [2.45, 2.75) is 0 Å². The average Bonchev–Trinajstić information content (AvgIpc) is 2.97. The SMILES string of the molecule is O=C(Nc1cnc(-c2ccccc2)s1)c1ncccn1. The van der Waals surface area contributed by atoms with Crippen LogP contribution >= 0.6 is 11.3 Å². The lowest BCUT2D eigenvalue weighted by molar-refractivity contribution is 0.101. The van der Waals surface area contributed by atoms with E-state index in [1.807, 2.05) is 30.3 Å². The van der Waals surface area contributed by atoms with Crippen LogP contribution in [0.25, 0.3) is 10.6 Å². The first-order chi connectivity index (χ1) is 9.83. The van der Waals surface area contributed by atoms with E-state index in [9.17, 15) is 4.79 Å². The van der Waals surface area contributed by atoms with Crippen molar-refractivity contribution in [3.8, 4) is 10.6 Å². The summed E-state index contributed by atoms with van der Waals surface area (Å²) in [7, 11) is 0. The Bertz CT molecular complexity index is 712. The van der Waals surface area contributed by atoms with Crippen LogP contribution in [0.15, 0.2) is 55.0 Å². The van der Waals surface area contributed by atoms with Gasteiger partial charge in [-0.05, 0) is 6.07 Å². The molecular formula is C14H10N4OS. The second-order valence-electron chi connectivity index (χ2n) is 3.92. The number of aromatic nitrogens is 3. The second kappa shape index (κ2) is 5.58. The van der Waals surface area contributed by atoms with Crippen molar-refractivity contribution in [2.24, 2.45) is 0 Å². The van der Waals surface area contributed by atoms with Crippen molar-refractivity contribution in [3.05, 3.63) is 60.8 Å². The lowest BCUT2D eigenvalue weighted by Crippen LogP contribution is -2.14. The molecule has 20 heavy (non-hydrogen) atoms. The molecule has 0 bridgehead atoms. The van der Waals surface area contributed by atoms with Gasteiger partial charge in [0.25, 0.3) is 5.91 Å². The Kier molecular flexibility index (Phi) is 3.47. The van der Waals surface area contributed by atoms with E-state index in [0.717, 1.165) is 10.6 Å². The van der Waals surface area contributed by atoms with Gasteiger partial charge < -0.3 is 5.32 Å². The first-order valence-corrected chi connectivity index (χ1v) is 6.74. The van der Waals surface area contributed by atoms with Gasteiger partial charge in [0, 0.05) is 18.0 Å². The van der Waals surface area contributed by atoms with Gasteiger partial charge >= 0.3 is 0 Å². The molecule has 0 fully saturated rings. The Morgan fingerprint density at radius 1 is 1.00 bits per heavy atom. The summed E-state index contributed by atoms with van der Waals surface area (Å²) >= 11 is 1.41. The molecule has 0 radical (unpaired) electrons. The molecule has 0 aliphatic heterocycles. The van der Waals surface area contributed by atoms with Gasteiger partial charge in [-0.15, -0.1) is 0 Å². The molecule has 0 unspecified atom stereocenters. The summed E-state index contributed by atoms with van der Waals surface area (Å²) in [4.78, 5) is 24.0. The number of anilines is 1. The van der Waals surface area contributed by atoms with Gasteiger partial charge in [0.1, 0.15) is 10.0 Å². The fourth-order valence-electron chi connectivity index (χ4n) is 1.63. The maximum Gasteiger partial charge on any atom is 0.294 e. The quantitative estimate of drug-likeness (QED) is 0.802. The predicted octanol–water partition coefficient (Wildman–Crippen LogP) is 2.85. The van der Waals surface area contributed by atoms with E-state index in [2.05, 4.69) is 20.3 Å². The number of rotatable bonds is 3. The van der Waals surface area contributed by atoms with Crippen molar-refractivity contribution < 1.29 is 4.79 Å². The van der Waals surface area contributed by atoms with E-state index >= 15 is 0 Å². The molecule has 1 amide bonds. The molecule has 6 heteroatoms.